The van der Waals surface area contributed by atoms with Gasteiger partial charge in [0.1, 0.15) is 11.6 Å². The molecule has 0 atom stereocenters. The summed E-state index contributed by atoms with van der Waals surface area (Å²) in [5.74, 6) is -0.161. The van der Waals surface area contributed by atoms with Gasteiger partial charge in [-0.25, -0.2) is 0 Å². The minimum absolute atomic E-state index is 0.161. The van der Waals surface area contributed by atoms with Gasteiger partial charge in [-0.2, -0.15) is 5.26 Å². The Hall–Kier alpha value is -2.80. The lowest BCUT2D eigenvalue weighted by atomic mass is 10.0. The largest absolute Gasteiger partial charge is 0.349 e. The SMILES string of the molecule is CCCn1c(C)cc(/C=C(\C#N)C(=O)N2CCc3ccccc3CC2)c1C. The normalized spacial score (nSPS) is 14.4. The molecule has 4 heteroatoms. The standard InChI is InChI=1S/C23H27N3O/c1-4-11-26-17(2)14-21(18(26)3)15-22(16-24)23(27)25-12-9-19-7-5-6-8-20(19)10-13-25/h5-8,14-15H,4,9-13H2,1-3H3/b22-15+. The van der Waals surface area contributed by atoms with Crippen molar-refractivity contribution in [3.63, 3.8) is 0 Å². The van der Waals surface area contributed by atoms with E-state index in [1.807, 2.05) is 17.0 Å². The average Bonchev–Trinajstić information content (AvgIpc) is 2.85. The molecule has 0 bridgehead atoms. The van der Waals surface area contributed by atoms with Gasteiger partial charge in [0, 0.05) is 31.0 Å². The van der Waals surface area contributed by atoms with Crippen LogP contribution in [0.25, 0.3) is 6.08 Å². The lowest BCUT2D eigenvalue weighted by molar-refractivity contribution is -0.126. The van der Waals surface area contributed by atoms with Crippen LogP contribution < -0.4 is 0 Å². The van der Waals surface area contributed by atoms with Crippen LogP contribution in [0.2, 0.25) is 0 Å². The summed E-state index contributed by atoms with van der Waals surface area (Å²) in [6.45, 7) is 8.53. The topological polar surface area (TPSA) is 49.0 Å². The van der Waals surface area contributed by atoms with Crippen LogP contribution in [-0.2, 0) is 24.2 Å². The first-order valence-electron chi connectivity index (χ1n) is 9.69. The fourth-order valence-electron chi connectivity index (χ4n) is 3.88. The first-order chi connectivity index (χ1) is 13.0. The van der Waals surface area contributed by atoms with Crippen LogP contribution in [0.4, 0.5) is 0 Å². The highest BCUT2D eigenvalue weighted by molar-refractivity contribution is 6.01. The maximum Gasteiger partial charge on any atom is 0.264 e. The highest BCUT2D eigenvalue weighted by atomic mass is 16.2. The molecule has 2 aromatic rings. The molecule has 1 aliphatic heterocycles. The fourth-order valence-corrected chi connectivity index (χ4v) is 3.88. The molecule has 0 radical (unpaired) electrons. The van der Waals surface area contributed by atoms with Crippen molar-refractivity contribution in [1.82, 2.24) is 9.47 Å². The van der Waals surface area contributed by atoms with Crippen LogP contribution in [0.1, 0.15) is 41.4 Å². The second-order valence-electron chi connectivity index (χ2n) is 7.21. The van der Waals surface area contributed by atoms with Crippen molar-refractivity contribution < 1.29 is 4.79 Å². The van der Waals surface area contributed by atoms with Gasteiger partial charge in [-0.1, -0.05) is 31.2 Å². The molecule has 1 aromatic carbocycles. The third-order valence-corrected chi connectivity index (χ3v) is 5.42. The number of nitriles is 1. The van der Waals surface area contributed by atoms with E-state index in [0.717, 1.165) is 42.8 Å². The second kappa shape index (κ2) is 8.26. The van der Waals surface area contributed by atoms with Gasteiger partial charge in [0.25, 0.3) is 5.91 Å². The third-order valence-electron chi connectivity index (χ3n) is 5.42. The number of aryl methyl sites for hydroxylation is 1. The third kappa shape index (κ3) is 3.98. The molecule has 0 saturated carbocycles. The predicted molar refractivity (Wildman–Crippen MR) is 108 cm³/mol. The van der Waals surface area contributed by atoms with E-state index >= 15 is 0 Å². The number of rotatable bonds is 4. The summed E-state index contributed by atoms with van der Waals surface area (Å²) >= 11 is 0. The van der Waals surface area contributed by atoms with Crippen LogP contribution in [0.5, 0.6) is 0 Å². The van der Waals surface area contributed by atoms with Crippen LogP contribution >= 0.6 is 0 Å². The molecule has 1 amide bonds. The molecule has 3 rings (SSSR count). The summed E-state index contributed by atoms with van der Waals surface area (Å²) in [6.07, 6.45) is 4.49. The number of carbonyl (C=O) groups is 1. The summed E-state index contributed by atoms with van der Waals surface area (Å²) in [7, 11) is 0. The number of fused-ring (bicyclic) bond motifs is 1. The molecule has 0 unspecified atom stereocenters. The zero-order valence-electron chi connectivity index (χ0n) is 16.5. The molecule has 1 aromatic heterocycles. The van der Waals surface area contributed by atoms with Crippen LogP contribution in [0.15, 0.2) is 35.9 Å². The van der Waals surface area contributed by atoms with Crippen molar-refractivity contribution in [3.05, 3.63) is 64.0 Å². The Labute approximate surface area is 161 Å². The maximum atomic E-state index is 13.0. The van der Waals surface area contributed by atoms with Crippen molar-refractivity contribution in [2.45, 2.75) is 46.6 Å². The second-order valence-corrected chi connectivity index (χ2v) is 7.21. The van der Waals surface area contributed by atoms with Gasteiger partial charge >= 0.3 is 0 Å². The summed E-state index contributed by atoms with van der Waals surface area (Å²) in [5, 5.41) is 9.63. The van der Waals surface area contributed by atoms with E-state index in [9.17, 15) is 10.1 Å². The number of hydrogen-bond acceptors (Lipinski definition) is 2. The Balaban J connectivity index is 1.82. The molecule has 0 N–H and O–H groups in total. The minimum atomic E-state index is -0.161. The van der Waals surface area contributed by atoms with Crippen LogP contribution in [-0.4, -0.2) is 28.5 Å². The maximum absolute atomic E-state index is 13.0. The van der Waals surface area contributed by atoms with Crippen molar-refractivity contribution >= 4 is 12.0 Å². The molecule has 0 spiro atoms. The lowest BCUT2D eigenvalue weighted by Crippen LogP contribution is -2.34. The van der Waals surface area contributed by atoms with Crippen molar-refractivity contribution in [2.24, 2.45) is 0 Å². The van der Waals surface area contributed by atoms with Crippen molar-refractivity contribution in [2.75, 3.05) is 13.1 Å². The zero-order chi connectivity index (χ0) is 19.4. The van der Waals surface area contributed by atoms with Gasteiger partial charge in [0.05, 0.1) is 0 Å². The van der Waals surface area contributed by atoms with Crippen molar-refractivity contribution in [1.29, 1.82) is 5.26 Å². The fraction of sp³-hybridized carbons (Fsp3) is 0.391. The molecular formula is C23H27N3O. The van der Waals surface area contributed by atoms with Gasteiger partial charge < -0.3 is 9.47 Å². The zero-order valence-corrected chi connectivity index (χ0v) is 16.5. The smallest absolute Gasteiger partial charge is 0.264 e. The molecule has 2 heterocycles. The average molecular weight is 361 g/mol. The van der Waals surface area contributed by atoms with Crippen LogP contribution in [0, 0.1) is 25.2 Å². The molecule has 0 saturated heterocycles. The first kappa shape index (κ1) is 19.0. The first-order valence-corrected chi connectivity index (χ1v) is 9.69. The summed E-state index contributed by atoms with van der Waals surface area (Å²) < 4.78 is 2.24. The number of nitrogens with zero attached hydrogens (tertiary/aromatic N) is 3. The van der Waals surface area contributed by atoms with E-state index < -0.39 is 0 Å². The van der Waals surface area contributed by atoms with Gasteiger partial charge in [-0.3, -0.25) is 4.79 Å². The van der Waals surface area contributed by atoms with E-state index in [1.54, 1.807) is 6.08 Å². The Morgan fingerprint density at radius 2 is 1.81 bits per heavy atom. The van der Waals surface area contributed by atoms with Crippen molar-refractivity contribution in [3.8, 4) is 6.07 Å². The molecule has 0 aliphatic carbocycles. The molecule has 4 nitrogen and oxygen atoms in total. The summed E-state index contributed by atoms with van der Waals surface area (Å²) in [6, 6.07) is 12.6. The van der Waals surface area contributed by atoms with Gasteiger partial charge in [-0.05, 0) is 61.9 Å². The number of aromatic nitrogens is 1. The Kier molecular flexibility index (Phi) is 5.81. The van der Waals surface area contributed by atoms with E-state index in [2.05, 4.69) is 49.6 Å². The molecule has 0 fully saturated rings. The monoisotopic (exact) mass is 361 g/mol. The highest BCUT2D eigenvalue weighted by Crippen LogP contribution is 2.21. The Bertz CT molecular complexity index is 887. The lowest BCUT2D eigenvalue weighted by Gasteiger charge is -2.19. The quantitative estimate of drug-likeness (QED) is 0.609. The number of carbonyl (C=O) groups excluding carboxylic acids is 1. The number of benzene rings is 1. The summed E-state index contributed by atoms with van der Waals surface area (Å²) in [5.41, 5.74) is 6.06. The molecular weight excluding hydrogens is 334 g/mol. The number of amides is 1. The molecule has 1 aliphatic rings. The van der Waals surface area contributed by atoms with E-state index in [4.69, 9.17) is 0 Å². The van der Waals surface area contributed by atoms with Gasteiger partial charge in [0.2, 0.25) is 0 Å². The summed E-state index contributed by atoms with van der Waals surface area (Å²) in [4.78, 5) is 14.8. The molecule has 27 heavy (non-hydrogen) atoms. The Morgan fingerprint density at radius 1 is 1.19 bits per heavy atom. The minimum Gasteiger partial charge on any atom is -0.349 e. The van der Waals surface area contributed by atoms with E-state index in [-0.39, 0.29) is 11.5 Å². The van der Waals surface area contributed by atoms with E-state index in [0.29, 0.717) is 13.1 Å². The molecule has 140 valence electrons. The number of hydrogen-bond donors (Lipinski definition) is 0. The van der Waals surface area contributed by atoms with E-state index in [1.165, 1.54) is 11.1 Å². The van der Waals surface area contributed by atoms with Gasteiger partial charge in [0.15, 0.2) is 0 Å². The van der Waals surface area contributed by atoms with Crippen LogP contribution in [0.3, 0.4) is 0 Å². The predicted octanol–water partition coefficient (Wildman–Crippen LogP) is 4.05. The Morgan fingerprint density at radius 3 is 2.37 bits per heavy atom. The van der Waals surface area contributed by atoms with Gasteiger partial charge in [-0.15, -0.1) is 0 Å². The highest BCUT2D eigenvalue weighted by Gasteiger charge is 2.22.